The summed E-state index contributed by atoms with van der Waals surface area (Å²) in [6.07, 6.45) is 3.93. The number of fused-ring (bicyclic) bond motifs is 3. The van der Waals surface area contributed by atoms with Gasteiger partial charge in [0, 0.05) is 37.0 Å². The van der Waals surface area contributed by atoms with Crippen molar-refractivity contribution < 1.29 is 9.47 Å². The van der Waals surface area contributed by atoms with Crippen LogP contribution >= 0.6 is 0 Å². The number of hydrogen-bond acceptors (Lipinski definition) is 6. The Kier molecular flexibility index (Phi) is 4.07. The molecule has 0 radical (unpaired) electrons. The number of benzene rings is 1. The Morgan fingerprint density at radius 2 is 1.08 bits per heavy atom. The van der Waals surface area contributed by atoms with E-state index in [1.807, 2.05) is 12.4 Å². The van der Waals surface area contributed by atoms with Gasteiger partial charge in [-0.2, -0.15) is 0 Å². The quantitative estimate of drug-likeness (QED) is 0.662. The van der Waals surface area contributed by atoms with Gasteiger partial charge in [-0.3, -0.25) is 9.97 Å². The monoisotopic (exact) mass is 350 g/mol. The first kappa shape index (κ1) is 15.8. The second-order valence-corrected chi connectivity index (χ2v) is 6.79. The summed E-state index contributed by atoms with van der Waals surface area (Å²) in [6, 6.07) is 8.73. The lowest BCUT2D eigenvalue weighted by Crippen LogP contribution is -2.36. The van der Waals surface area contributed by atoms with E-state index in [4.69, 9.17) is 19.4 Å². The molecule has 4 heterocycles. The van der Waals surface area contributed by atoms with E-state index in [-0.39, 0.29) is 0 Å². The maximum atomic E-state index is 5.44. The first-order valence-electron chi connectivity index (χ1n) is 9.22. The van der Waals surface area contributed by atoms with Gasteiger partial charge in [0.05, 0.1) is 61.2 Å². The average Bonchev–Trinajstić information content (AvgIpc) is 2.74. The van der Waals surface area contributed by atoms with Crippen LogP contribution in [0.4, 0.5) is 11.4 Å². The van der Waals surface area contributed by atoms with Crippen LogP contribution in [0.3, 0.4) is 0 Å². The second-order valence-electron chi connectivity index (χ2n) is 6.79. The zero-order valence-electron chi connectivity index (χ0n) is 14.7. The number of morpholine rings is 2. The molecule has 0 bridgehead atoms. The summed E-state index contributed by atoms with van der Waals surface area (Å²) in [7, 11) is 0. The van der Waals surface area contributed by atoms with Crippen LogP contribution in [0.15, 0.2) is 36.7 Å². The molecule has 0 aliphatic carbocycles. The lowest BCUT2D eigenvalue weighted by atomic mass is 10.1. The first-order chi connectivity index (χ1) is 12.9. The van der Waals surface area contributed by atoms with Crippen molar-refractivity contribution in [1.82, 2.24) is 9.97 Å². The van der Waals surface area contributed by atoms with E-state index >= 15 is 0 Å². The van der Waals surface area contributed by atoms with Crippen molar-refractivity contribution in [2.24, 2.45) is 0 Å². The van der Waals surface area contributed by atoms with Gasteiger partial charge >= 0.3 is 0 Å². The minimum atomic E-state index is 0.779. The highest BCUT2D eigenvalue weighted by molar-refractivity contribution is 6.04. The highest BCUT2D eigenvalue weighted by Gasteiger charge is 2.15. The van der Waals surface area contributed by atoms with Crippen LogP contribution in [0, 0.1) is 0 Å². The Hall–Kier alpha value is -2.44. The van der Waals surface area contributed by atoms with Gasteiger partial charge in [-0.25, -0.2) is 0 Å². The van der Waals surface area contributed by atoms with Crippen molar-refractivity contribution >= 4 is 33.2 Å². The molecule has 0 amide bonds. The Labute approximate surface area is 152 Å². The Bertz CT molecular complexity index is 857. The molecule has 6 heteroatoms. The normalized spacial score (nSPS) is 18.6. The predicted molar refractivity (Wildman–Crippen MR) is 103 cm³/mol. The van der Waals surface area contributed by atoms with Crippen LogP contribution in [0.25, 0.3) is 21.8 Å². The number of ether oxygens (including phenoxy) is 2. The maximum Gasteiger partial charge on any atom is 0.0966 e. The molecule has 26 heavy (non-hydrogen) atoms. The summed E-state index contributed by atoms with van der Waals surface area (Å²) in [4.78, 5) is 14.2. The Morgan fingerprint density at radius 3 is 1.50 bits per heavy atom. The lowest BCUT2D eigenvalue weighted by Gasteiger charge is -2.29. The summed E-state index contributed by atoms with van der Waals surface area (Å²) < 4.78 is 10.9. The number of pyridine rings is 2. The number of anilines is 2. The Balaban J connectivity index is 1.52. The molecule has 2 aromatic heterocycles. The van der Waals surface area contributed by atoms with E-state index in [2.05, 4.69) is 34.1 Å². The summed E-state index contributed by atoms with van der Waals surface area (Å²) >= 11 is 0. The molecule has 0 spiro atoms. The van der Waals surface area contributed by atoms with Crippen molar-refractivity contribution in [3.8, 4) is 0 Å². The fourth-order valence-electron chi connectivity index (χ4n) is 3.76. The molecular weight excluding hydrogens is 328 g/mol. The molecule has 3 aromatic rings. The van der Waals surface area contributed by atoms with E-state index < -0.39 is 0 Å². The van der Waals surface area contributed by atoms with Gasteiger partial charge in [0.2, 0.25) is 0 Å². The number of rotatable bonds is 2. The van der Waals surface area contributed by atoms with Crippen LogP contribution in [-0.2, 0) is 9.47 Å². The highest BCUT2D eigenvalue weighted by Crippen LogP contribution is 2.28. The van der Waals surface area contributed by atoms with Crippen LogP contribution in [0.1, 0.15) is 0 Å². The van der Waals surface area contributed by atoms with Crippen molar-refractivity contribution in [3.05, 3.63) is 36.7 Å². The molecule has 6 nitrogen and oxygen atoms in total. The average molecular weight is 350 g/mol. The maximum absolute atomic E-state index is 5.44. The van der Waals surface area contributed by atoms with Gasteiger partial charge in [0.15, 0.2) is 0 Å². The van der Waals surface area contributed by atoms with E-state index in [0.717, 1.165) is 85.8 Å². The van der Waals surface area contributed by atoms with Gasteiger partial charge in [0.25, 0.3) is 0 Å². The third kappa shape index (κ3) is 2.85. The molecule has 5 rings (SSSR count). The molecule has 2 fully saturated rings. The topological polar surface area (TPSA) is 50.7 Å². The van der Waals surface area contributed by atoms with Crippen LogP contribution in [0.2, 0.25) is 0 Å². The fourth-order valence-corrected chi connectivity index (χ4v) is 3.76. The summed E-state index contributed by atoms with van der Waals surface area (Å²) in [5.74, 6) is 0. The molecule has 0 saturated carbocycles. The molecule has 1 aromatic carbocycles. The minimum absolute atomic E-state index is 0.779. The van der Waals surface area contributed by atoms with Crippen LogP contribution in [0.5, 0.6) is 0 Å². The fraction of sp³-hybridized carbons (Fsp3) is 0.400. The lowest BCUT2D eigenvalue weighted by molar-refractivity contribution is 0.122. The zero-order valence-corrected chi connectivity index (χ0v) is 14.7. The molecule has 2 aliphatic rings. The third-order valence-corrected chi connectivity index (χ3v) is 5.22. The molecule has 0 atom stereocenters. The van der Waals surface area contributed by atoms with E-state index in [9.17, 15) is 0 Å². The standard InChI is InChI=1S/C20H22N4O2/c1-2-16-12-18(24-5-9-26-10-6-24)14-22-20(16)19-15(1)11-17(13-21-19)23-3-7-25-8-4-23/h1-2,11-14H,3-10H2. The molecule has 0 N–H and O–H groups in total. The molecule has 2 saturated heterocycles. The van der Waals surface area contributed by atoms with Gasteiger partial charge in [-0.05, 0) is 12.1 Å². The van der Waals surface area contributed by atoms with Gasteiger partial charge in [-0.1, -0.05) is 12.1 Å². The smallest absolute Gasteiger partial charge is 0.0966 e. The minimum Gasteiger partial charge on any atom is -0.378 e. The predicted octanol–water partition coefficient (Wildman–Crippen LogP) is 2.46. The number of hydrogen-bond donors (Lipinski definition) is 0. The first-order valence-corrected chi connectivity index (χ1v) is 9.22. The Morgan fingerprint density at radius 1 is 0.654 bits per heavy atom. The number of aromatic nitrogens is 2. The van der Waals surface area contributed by atoms with Gasteiger partial charge < -0.3 is 19.3 Å². The second kappa shape index (κ2) is 6.70. The van der Waals surface area contributed by atoms with Crippen molar-refractivity contribution in [2.45, 2.75) is 0 Å². The zero-order chi connectivity index (χ0) is 17.3. The van der Waals surface area contributed by atoms with E-state index in [1.54, 1.807) is 0 Å². The van der Waals surface area contributed by atoms with Gasteiger partial charge in [0.1, 0.15) is 0 Å². The largest absolute Gasteiger partial charge is 0.378 e. The molecule has 134 valence electrons. The third-order valence-electron chi connectivity index (χ3n) is 5.22. The van der Waals surface area contributed by atoms with Crippen LogP contribution < -0.4 is 9.80 Å². The highest BCUT2D eigenvalue weighted by atomic mass is 16.5. The number of nitrogens with zero attached hydrogens (tertiary/aromatic N) is 4. The molecule has 0 unspecified atom stereocenters. The summed E-state index contributed by atoms with van der Waals surface area (Å²) in [5, 5.41) is 2.27. The SMILES string of the molecule is c1nc2c(ccc3cc(N4CCOCC4)cnc32)cc1N1CCOCC1. The van der Waals surface area contributed by atoms with Crippen molar-refractivity contribution in [3.63, 3.8) is 0 Å². The van der Waals surface area contributed by atoms with E-state index in [0.29, 0.717) is 0 Å². The van der Waals surface area contributed by atoms with E-state index in [1.165, 1.54) is 0 Å². The molecule has 2 aliphatic heterocycles. The summed E-state index contributed by atoms with van der Waals surface area (Å²) in [6.45, 7) is 6.79. The molecular formula is C20H22N4O2. The van der Waals surface area contributed by atoms with Crippen LogP contribution in [-0.4, -0.2) is 62.6 Å². The van der Waals surface area contributed by atoms with Gasteiger partial charge in [-0.15, -0.1) is 0 Å². The van der Waals surface area contributed by atoms with Crippen molar-refractivity contribution in [1.29, 1.82) is 0 Å². The summed E-state index contributed by atoms with van der Waals surface area (Å²) in [5.41, 5.74) is 4.25. The van der Waals surface area contributed by atoms with Crippen molar-refractivity contribution in [2.75, 3.05) is 62.4 Å².